The standard InChI is InChI=1S/C18H24N2O5/c1-12(2)25-18(23)15-6-3-7-20(15)17(22)13-9-16(21)19(10-13)11-14-5-4-8-24-14/h4-5,8,12-13,15H,3,6-7,9-11H2,1-2H3/t13?,15-/m0/s1. The molecule has 2 aliphatic heterocycles. The van der Waals surface area contributed by atoms with Crippen molar-refractivity contribution in [2.24, 2.45) is 5.92 Å². The van der Waals surface area contributed by atoms with Crippen LogP contribution in [0.3, 0.4) is 0 Å². The maximum absolute atomic E-state index is 12.9. The fourth-order valence-electron chi connectivity index (χ4n) is 3.50. The Morgan fingerprint density at radius 1 is 1.40 bits per heavy atom. The summed E-state index contributed by atoms with van der Waals surface area (Å²) in [5.41, 5.74) is 0. The number of rotatable bonds is 5. The van der Waals surface area contributed by atoms with E-state index < -0.39 is 12.0 Å². The third-order valence-electron chi connectivity index (χ3n) is 4.65. The molecule has 2 atom stereocenters. The largest absolute Gasteiger partial charge is 0.467 e. The maximum Gasteiger partial charge on any atom is 0.329 e. The molecule has 3 rings (SSSR count). The van der Waals surface area contributed by atoms with E-state index in [-0.39, 0.29) is 30.3 Å². The summed E-state index contributed by atoms with van der Waals surface area (Å²) >= 11 is 0. The first-order valence-electron chi connectivity index (χ1n) is 8.77. The molecule has 1 aromatic heterocycles. The van der Waals surface area contributed by atoms with Crippen LogP contribution in [-0.2, 0) is 25.7 Å². The van der Waals surface area contributed by atoms with Gasteiger partial charge in [0.05, 0.1) is 24.8 Å². The molecule has 2 aliphatic rings. The molecule has 0 spiro atoms. The number of hydrogen-bond donors (Lipinski definition) is 0. The van der Waals surface area contributed by atoms with Gasteiger partial charge in [-0.2, -0.15) is 0 Å². The summed E-state index contributed by atoms with van der Waals surface area (Å²) in [6.07, 6.45) is 2.94. The summed E-state index contributed by atoms with van der Waals surface area (Å²) in [4.78, 5) is 40.5. The van der Waals surface area contributed by atoms with E-state index in [9.17, 15) is 14.4 Å². The Hall–Kier alpha value is -2.31. The molecular formula is C18H24N2O5. The highest BCUT2D eigenvalue weighted by molar-refractivity contribution is 5.92. The van der Waals surface area contributed by atoms with Crippen molar-refractivity contribution in [3.8, 4) is 0 Å². The topological polar surface area (TPSA) is 80.1 Å². The minimum absolute atomic E-state index is 0.0600. The van der Waals surface area contributed by atoms with Crippen LogP contribution in [0.4, 0.5) is 0 Å². The molecule has 136 valence electrons. The molecule has 0 aromatic carbocycles. The van der Waals surface area contributed by atoms with E-state index in [2.05, 4.69) is 0 Å². The Bertz CT molecular complexity index is 640. The zero-order valence-electron chi connectivity index (χ0n) is 14.6. The minimum atomic E-state index is -0.524. The molecule has 0 saturated carbocycles. The normalized spacial score (nSPS) is 23.6. The van der Waals surface area contributed by atoms with Crippen LogP contribution in [0.2, 0.25) is 0 Å². The Balaban J connectivity index is 1.62. The van der Waals surface area contributed by atoms with E-state index >= 15 is 0 Å². The highest BCUT2D eigenvalue weighted by Gasteiger charge is 2.42. The van der Waals surface area contributed by atoms with Gasteiger partial charge in [0.1, 0.15) is 11.8 Å². The third kappa shape index (κ3) is 3.86. The second-order valence-corrected chi connectivity index (χ2v) is 6.93. The van der Waals surface area contributed by atoms with E-state index in [0.29, 0.717) is 31.8 Å². The van der Waals surface area contributed by atoms with E-state index in [1.165, 1.54) is 0 Å². The Morgan fingerprint density at radius 3 is 2.88 bits per heavy atom. The van der Waals surface area contributed by atoms with Crippen LogP contribution >= 0.6 is 0 Å². The van der Waals surface area contributed by atoms with Gasteiger partial charge in [-0.05, 0) is 38.8 Å². The van der Waals surface area contributed by atoms with Crippen molar-refractivity contribution in [2.75, 3.05) is 13.1 Å². The molecule has 1 aromatic rings. The van der Waals surface area contributed by atoms with Crippen molar-refractivity contribution in [3.05, 3.63) is 24.2 Å². The molecule has 25 heavy (non-hydrogen) atoms. The molecule has 0 bridgehead atoms. The number of carbonyl (C=O) groups is 3. The van der Waals surface area contributed by atoms with Crippen LogP contribution in [0.15, 0.2) is 22.8 Å². The van der Waals surface area contributed by atoms with Crippen LogP contribution in [0.1, 0.15) is 38.9 Å². The fourth-order valence-corrected chi connectivity index (χ4v) is 3.50. The van der Waals surface area contributed by atoms with Gasteiger partial charge >= 0.3 is 5.97 Å². The van der Waals surface area contributed by atoms with Gasteiger partial charge in [-0.3, -0.25) is 9.59 Å². The van der Waals surface area contributed by atoms with Crippen LogP contribution in [0, 0.1) is 5.92 Å². The second kappa shape index (κ2) is 7.29. The molecule has 0 aliphatic carbocycles. The first-order chi connectivity index (χ1) is 12.0. The Kier molecular flexibility index (Phi) is 5.11. The lowest BCUT2D eigenvalue weighted by molar-refractivity contribution is -0.157. The smallest absolute Gasteiger partial charge is 0.329 e. The fraction of sp³-hybridized carbons (Fsp3) is 0.611. The second-order valence-electron chi connectivity index (χ2n) is 6.93. The molecule has 0 radical (unpaired) electrons. The number of amides is 2. The van der Waals surface area contributed by atoms with Gasteiger partial charge in [-0.1, -0.05) is 0 Å². The molecule has 2 saturated heterocycles. The molecule has 3 heterocycles. The van der Waals surface area contributed by atoms with Gasteiger partial charge in [0.15, 0.2) is 0 Å². The first kappa shape index (κ1) is 17.5. The number of esters is 1. The van der Waals surface area contributed by atoms with Gasteiger partial charge in [0, 0.05) is 19.5 Å². The molecule has 2 fully saturated rings. The molecule has 1 unspecified atom stereocenters. The third-order valence-corrected chi connectivity index (χ3v) is 4.65. The zero-order valence-corrected chi connectivity index (χ0v) is 14.6. The van der Waals surface area contributed by atoms with Crippen molar-refractivity contribution in [2.45, 2.75) is 51.8 Å². The van der Waals surface area contributed by atoms with Gasteiger partial charge in [-0.25, -0.2) is 4.79 Å². The molecule has 0 N–H and O–H groups in total. The van der Waals surface area contributed by atoms with Gasteiger partial charge < -0.3 is 19.0 Å². The predicted molar refractivity (Wildman–Crippen MR) is 88.2 cm³/mol. The quantitative estimate of drug-likeness (QED) is 0.755. The minimum Gasteiger partial charge on any atom is -0.467 e. The van der Waals surface area contributed by atoms with Crippen molar-refractivity contribution in [1.29, 1.82) is 0 Å². The highest BCUT2D eigenvalue weighted by atomic mass is 16.5. The van der Waals surface area contributed by atoms with Crippen LogP contribution in [-0.4, -0.2) is 52.8 Å². The molecular weight excluding hydrogens is 324 g/mol. The summed E-state index contributed by atoms with van der Waals surface area (Å²) in [6.45, 7) is 4.86. The van der Waals surface area contributed by atoms with Crippen molar-refractivity contribution in [1.82, 2.24) is 9.80 Å². The summed E-state index contributed by atoms with van der Waals surface area (Å²) in [5, 5.41) is 0. The first-order valence-corrected chi connectivity index (χ1v) is 8.77. The van der Waals surface area contributed by atoms with E-state index in [1.807, 2.05) is 0 Å². The number of ether oxygens (including phenoxy) is 1. The number of likely N-dealkylation sites (tertiary alicyclic amines) is 2. The molecule has 2 amide bonds. The van der Waals surface area contributed by atoms with Gasteiger partial charge in [0.2, 0.25) is 11.8 Å². The highest BCUT2D eigenvalue weighted by Crippen LogP contribution is 2.27. The van der Waals surface area contributed by atoms with Gasteiger partial charge in [-0.15, -0.1) is 0 Å². The lowest BCUT2D eigenvalue weighted by Crippen LogP contribution is -2.45. The van der Waals surface area contributed by atoms with E-state index in [4.69, 9.17) is 9.15 Å². The Morgan fingerprint density at radius 2 is 2.20 bits per heavy atom. The van der Waals surface area contributed by atoms with E-state index in [0.717, 1.165) is 6.42 Å². The average Bonchev–Trinajstić information content (AvgIpc) is 3.28. The number of hydrogen-bond acceptors (Lipinski definition) is 5. The summed E-state index contributed by atoms with van der Waals surface area (Å²) < 4.78 is 10.5. The Labute approximate surface area is 146 Å². The maximum atomic E-state index is 12.9. The summed E-state index contributed by atoms with van der Waals surface area (Å²) in [7, 11) is 0. The molecule has 7 nitrogen and oxygen atoms in total. The average molecular weight is 348 g/mol. The van der Waals surface area contributed by atoms with Crippen LogP contribution in [0.25, 0.3) is 0 Å². The zero-order chi connectivity index (χ0) is 18.0. The number of nitrogens with zero attached hydrogens (tertiary/aromatic N) is 2. The summed E-state index contributed by atoms with van der Waals surface area (Å²) in [5.74, 6) is -0.248. The van der Waals surface area contributed by atoms with Crippen molar-refractivity contribution in [3.63, 3.8) is 0 Å². The van der Waals surface area contributed by atoms with Crippen molar-refractivity contribution >= 4 is 17.8 Å². The predicted octanol–water partition coefficient (Wildman–Crippen LogP) is 1.57. The number of furan rings is 1. The summed E-state index contributed by atoms with van der Waals surface area (Å²) in [6, 6.07) is 3.05. The lowest BCUT2D eigenvalue weighted by Gasteiger charge is -2.26. The number of carbonyl (C=O) groups excluding carboxylic acids is 3. The van der Waals surface area contributed by atoms with E-state index in [1.54, 1.807) is 42.0 Å². The lowest BCUT2D eigenvalue weighted by atomic mass is 10.1. The van der Waals surface area contributed by atoms with Crippen LogP contribution < -0.4 is 0 Å². The molecule has 7 heteroatoms. The van der Waals surface area contributed by atoms with Crippen molar-refractivity contribution < 1.29 is 23.5 Å². The van der Waals surface area contributed by atoms with Crippen LogP contribution in [0.5, 0.6) is 0 Å². The van der Waals surface area contributed by atoms with Gasteiger partial charge in [0.25, 0.3) is 0 Å². The SMILES string of the molecule is CC(C)OC(=O)[C@@H]1CCCN1C(=O)C1CC(=O)N(Cc2ccco2)C1. The monoisotopic (exact) mass is 348 g/mol.